The number of hydrogen-bond acceptors (Lipinski definition) is 5. The van der Waals surface area contributed by atoms with Crippen molar-refractivity contribution in [1.82, 2.24) is 4.72 Å². The van der Waals surface area contributed by atoms with Crippen molar-refractivity contribution in [1.29, 1.82) is 0 Å². The lowest BCUT2D eigenvalue weighted by atomic mass is 10.0. The summed E-state index contributed by atoms with van der Waals surface area (Å²) in [5, 5.41) is 3.24. The van der Waals surface area contributed by atoms with Gasteiger partial charge in [0, 0.05) is 25.6 Å². The van der Waals surface area contributed by atoms with Crippen molar-refractivity contribution < 1.29 is 13.2 Å². The minimum absolute atomic E-state index is 0.215. The third kappa shape index (κ3) is 3.87. The molecule has 2 rings (SSSR count). The van der Waals surface area contributed by atoms with Crippen LogP contribution in [-0.2, 0) is 14.8 Å². The first-order valence-corrected chi connectivity index (χ1v) is 8.67. The van der Waals surface area contributed by atoms with Gasteiger partial charge in [0.15, 0.2) is 0 Å². The quantitative estimate of drug-likeness (QED) is 0.690. The van der Waals surface area contributed by atoms with Crippen LogP contribution in [0.5, 0.6) is 0 Å². The van der Waals surface area contributed by atoms with Gasteiger partial charge in [-0.15, -0.1) is 0 Å². The number of ether oxygens (including phenoxy) is 1. The molecular weight excluding hydrogens is 290 g/mol. The van der Waals surface area contributed by atoms with Gasteiger partial charge in [-0.1, -0.05) is 6.92 Å². The molecule has 1 heterocycles. The minimum atomic E-state index is -3.47. The van der Waals surface area contributed by atoms with Crippen LogP contribution in [0.2, 0.25) is 0 Å². The van der Waals surface area contributed by atoms with Crippen molar-refractivity contribution in [3.8, 4) is 0 Å². The lowest BCUT2D eigenvalue weighted by Crippen LogP contribution is -2.24. The second-order valence-corrected chi connectivity index (χ2v) is 7.02. The van der Waals surface area contributed by atoms with Crippen molar-refractivity contribution in [3.05, 3.63) is 18.2 Å². The zero-order valence-electron chi connectivity index (χ0n) is 12.4. The topological polar surface area (TPSA) is 93.5 Å². The monoisotopic (exact) mass is 313 g/mol. The molecule has 0 aliphatic carbocycles. The Balaban J connectivity index is 2.12. The van der Waals surface area contributed by atoms with Gasteiger partial charge in [0.1, 0.15) is 0 Å². The molecule has 0 saturated carbocycles. The molecule has 0 aromatic heterocycles. The molecule has 1 aromatic carbocycles. The van der Waals surface area contributed by atoms with E-state index in [-0.39, 0.29) is 11.0 Å². The molecule has 0 amide bonds. The van der Waals surface area contributed by atoms with Crippen LogP contribution >= 0.6 is 0 Å². The van der Waals surface area contributed by atoms with E-state index in [1.165, 1.54) is 6.07 Å². The van der Waals surface area contributed by atoms with Gasteiger partial charge in [-0.3, -0.25) is 0 Å². The van der Waals surface area contributed by atoms with Crippen LogP contribution in [0.4, 0.5) is 11.4 Å². The Morgan fingerprint density at radius 1 is 1.43 bits per heavy atom. The zero-order valence-corrected chi connectivity index (χ0v) is 13.2. The molecule has 0 radical (unpaired) electrons. The van der Waals surface area contributed by atoms with Crippen molar-refractivity contribution in [3.63, 3.8) is 0 Å². The Labute approximate surface area is 126 Å². The summed E-state index contributed by atoms with van der Waals surface area (Å²) >= 11 is 0. The number of nitrogens with two attached hydrogens (primary N) is 1. The summed E-state index contributed by atoms with van der Waals surface area (Å²) in [5.74, 6) is 0.415. The molecule has 118 valence electrons. The summed E-state index contributed by atoms with van der Waals surface area (Å²) in [4.78, 5) is 0.219. The number of hydrogen-bond donors (Lipinski definition) is 3. The van der Waals surface area contributed by atoms with Crippen LogP contribution in [0.15, 0.2) is 23.1 Å². The van der Waals surface area contributed by atoms with E-state index in [1.54, 1.807) is 19.1 Å². The van der Waals surface area contributed by atoms with E-state index >= 15 is 0 Å². The number of nitrogens with one attached hydrogen (secondary N) is 2. The van der Waals surface area contributed by atoms with E-state index in [0.29, 0.717) is 23.8 Å². The highest BCUT2D eigenvalue weighted by Gasteiger charge is 2.24. The van der Waals surface area contributed by atoms with Crippen LogP contribution in [-0.4, -0.2) is 34.2 Å². The Hall–Kier alpha value is -1.31. The van der Waals surface area contributed by atoms with Crippen LogP contribution in [0.1, 0.15) is 20.3 Å². The van der Waals surface area contributed by atoms with Crippen LogP contribution < -0.4 is 15.8 Å². The summed E-state index contributed by atoms with van der Waals surface area (Å²) in [5.41, 5.74) is 7.10. The van der Waals surface area contributed by atoms with Gasteiger partial charge >= 0.3 is 0 Å². The molecule has 1 aliphatic heterocycles. The Morgan fingerprint density at radius 2 is 2.19 bits per heavy atom. The SMILES string of the molecule is CCNS(=O)(=O)c1ccc(N)c(NCC2CCOC2C)c1. The molecule has 1 saturated heterocycles. The normalized spacial score (nSPS) is 22.4. The fourth-order valence-corrected chi connectivity index (χ4v) is 3.48. The molecule has 6 nitrogen and oxygen atoms in total. The maximum absolute atomic E-state index is 12.0. The second-order valence-electron chi connectivity index (χ2n) is 5.26. The van der Waals surface area contributed by atoms with Gasteiger partial charge < -0.3 is 15.8 Å². The molecule has 2 atom stereocenters. The number of nitrogen functional groups attached to an aromatic ring is 1. The van der Waals surface area contributed by atoms with E-state index < -0.39 is 10.0 Å². The maximum Gasteiger partial charge on any atom is 0.240 e. The predicted octanol–water partition coefficient (Wildman–Crippen LogP) is 1.40. The van der Waals surface area contributed by atoms with Crippen molar-refractivity contribution in [2.45, 2.75) is 31.3 Å². The van der Waals surface area contributed by atoms with E-state index in [0.717, 1.165) is 19.6 Å². The van der Waals surface area contributed by atoms with Crippen LogP contribution in [0.25, 0.3) is 0 Å². The molecule has 1 aliphatic rings. The predicted molar refractivity (Wildman–Crippen MR) is 83.7 cm³/mol. The van der Waals surface area contributed by atoms with E-state index in [9.17, 15) is 8.42 Å². The largest absolute Gasteiger partial charge is 0.397 e. The number of rotatable bonds is 6. The number of sulfonamides is 1. The third-order valence-corrected chi connectivity index (χ3v) is 5.30. The highest BCUT2D eigenvalue weighted by atomic mass is 32.2. The Morgan fingerprint density at radius 3 is 2.81 bits per heavy atom. The summed E-state index contributed by atoms with van der Waals surface area (Å²) in [6.07, 6.45) is 1.22. The summed E-state index contributed by atoms with van der Waals surface area (Å²) in [6, 6.07) is 4.70. The fraction of sp³-hybridized carbons (Fsp3) is 0.571. The van der Waals surface area contributed by atoms with Gasteiger partial charge in [-0.05, 0) is 31.5 Å². The number of anilines is 2. The van der Waals surface area contributed by atoms with Gasteiger partial charge in [0.25, 0.3) is 0 Å². The van der Waals surface area contributed by atoms with Crippen molar-refractivity contribution in [2.24, 2.45) is 5.92 Å². The van der Waals surface area contributed by atoms with Gasteiger partial charge in [-0.25, -0.2) is 13.1 Å². The molecule has 0 spiro atoms. The lowest BCUT2D eigenvalue weighted by molar-refractivity contribution is 0.108. The summed E-state index contributed by atoms with van der Waals surface area (Å²) < 4.78 is 32.0. The molecule has 21 heavy (non-hydrogen) atoms. The minimum Gasteiger partial charge on any atom is -0.397 e. The molecule has 0 bridgehead atoms. The number of benzene rings is 1. The summed E-state index contributed by atoms with van der Waals surface area (Å²) in [7, 11) is -3.47. The first-order valence-electron chi connectivity index (χ1n) is 7.18. The Bertz CT molecular complexity index is 589. The highest BCUT2D eigenvalue weighted by Crippen LogP contribution is 2.25. The van der Waals surface area contributed by atoms with Crippen LogP contribution in [0, 0.1) is 5.92 Å². The summed E-state index contributed by atoms with van der Waals surface area (Å²) in [6.45, 7) is 5.64. The van der Waals surface area contributed by atoms with Gasteiger partial charge in [0.2, 0.25) is 10.0 Å². The zero-order chi connectivity index (χ0) is 15.5. The highest BCUT2D eigenvalue weighted by molar-refractivity contribution is 7.89. The molecule has 1 fully saturated rings. The maximum atomic E-state index is 12.0. The van der Waals surface area contributed by atoms with Gasteiger partial charge in [-0.2, -0.15) is 0 Å². The first kappa shape index (κ1) is 16.1. The van der Waals surface area contributed by atoms with Crippen molar-refractivity contribution in [2.75, 3.05) is 30.7 Å². The third-order valence-electron chi connectivity index (χ3n) is 3.76. The lowest BCUT2D eigenvalue weighted by Gasteiger charge is -2.17. The standard InChI is InChI=1S/C14H23N3O3S/c1-3-17-21(18,19)12-4-5-13(15)14(8-12)16-9-11-6-7-20-10(11)2/h4-5,8,10-11,16-17H,3,6-7,9,15H2,1-2H3. The van der Waals surface area contributed by atoms with E-state index in [4.69, 9.17) is 10.5 Å². The molecule has 4 N–H and O–H groups in total. The molecular formula is C14H23N3O3S. The Kier molecular flexibility index (Phi) is 5.08. The van der Waals surface area contributed by atoms with Gasteiger partial charge in [0.05, 0.1) is 22.4 Å². The molecule has 2 unspecified atom stereocenters. The fourth-order valence-electron chi connectivity index (χ4n) is 2.41. The van der Waals surface area contributed by atoms with E-state index in [2.05, 4.69) is 17.0 Å². The first-order chi connectivity index (χ1) is 9.94. The second kappa shape index (κ2) is 6.64. The molecule has 1 aromatic rings. The average Bonchev–Trinajstić information content (AvgIpc) is 2.83. The van der Waals surface area contributed by atoms with Crippen LogP contribution in [0.3, 0.4) is 0 Å². The molecule has 7 heteroatoms. The van der Waals surface area contributed by atoms with Crippen molar-refractivity contribution >= 4 is 21.4 Å². The van der Waals surface area contributed by atoms with E-state index in [1.807, 2.05) is 0 Å². The smallest absolute Gasteiger partial charge is 0.240 e. The average molecular weight is 313 g/mol.